The average Bonchev–Trinajstić information content (AvgIpc) is 2.27. The van der Waals surface area contributed by atoms with Gasteiger partial charge in [-0.1, -0.05) is 31.5 Å². The van der Waals surface area contributed by atoms with E-state index in [2.05, 4.69) is 12.2 Å². The van der Waals surface area contributed by atoms with Gasteiger partial charge >= 0.3 is 0 Å². The number of hydrogen-bond acceptors (Lipinski definition) is 2. The molecule has 2 N–H and O–H groups in total. The molecule has 1 aromatic rings. The molecule has 0 heterocycles. The van der Waals surface area contributed by atoms with Gasteiger partial charge in [0.1, 0.15) is 0 Å². The van der Waals surface area contributed by atoms with E-state index in [0.29, 0.717) is 12.1 Å². The number of carbonyl (C=O) groups is 1. The van der Waals surface area contributed by atoms with Crippen molar-refractivity contribution in [3.63, 3.8) is 0 Å². The molecule has 16 heavy (non-hydrogen) atoms. The van der Waals surface area contributed by atoms with Gasteiger partial charge in [-0.25, -0.2) is 0 Å². The summed E-state index contributed by atoms with van der Waals surface area (Å²) >= 11 is 0. The summed E-state index contributed by atoms with van der Waals surface area (Å²) in [7, 11) is 0. The van der Waals surface area contributed by atoms with Gasteiger partial charge in [-0.15, -0.1) is 0 Å². The molecule has 0 aliphatic rings. The Labute approximate surface area is 96.5 Å². The Hall–Kier alpha value is -1.35. The maximum absolute atomic E-state index is 11.6. The van der Waals surface area contributed by atoms with Crippen molar-refractivity contribution in [1.82, 2.24) is 0 Å². The van der Waals surface area contributed by atoms with Gasteiger partial charge in [-0.05, 0) is 19.4 Å². The lowest BCUT2D eigenvalue weighted by atomic mass is 10.1. The van der Waals surface area contributed by atoms with Gasteiger partial charge in [0.2, 0.25) is 5.91 Å². The van der Waals surface area contributed by atoms with Crippen molar-refractivity contribution < 1.29 is 9.90 Å². The van der Waals surface area contributed by atoms with Crippen molar-refractivity contribution >= 4 is 11.6 Å². The van der Waals surface area contributed by atoms with Crippen LogP contribution < -0.4 is 5.32 Å². The van der Waals surface area contributed by atoms with Crippen LogP contribution in [-0.2, 0) is 4.79 Å². The number of aliphatic hydroxyl groups is 1. The number of anilines is 1. The zero-order valence-electron chi connectivity index (χ0n) is 9.86. The molecule has 0 fully saturated rings. The largest absolute Gasteiger partial charge is 0.389 e. The molecule has 3 heteroatoms. The van der Waals surface area contributed by atoms with Crippen LogP contribution >= 0.6 is 0 Å². The normalized spacial score (nSPS) is 12.2. The van der Waals surface area contributed by atoms with Gasteiger partial charge in [0.25, 0.3) is 0 Å². The van der Waals surface area contributed by atoms with E-state index in [4.69, 9.17) is 0 Å². The molecule has 1 rings (SSSR count). The molecular formula is C13H19NO2. The van der Waals surface area contributed by atoms with Crippen molar-refractivity contribution in [3.05, 3.63) is 29.8 Å². The Bertz CT molecular complexity index is 348. The second kappa shape index (κ2) is 6.28. The van der Waals surface area contributed by atoms with Crippen molar-refractivity contribution in [2.75, 3.05) is 5.32 Å². The van der Waals surface area contributed by atoms with E-state index in [1.54, 1.807) is 6.92 Å². The van der Waals surface area contributed by atoms with E-state index in [9.17, 15) is 9.90 Å². The van der Waals surface area contributed by atoms with Gasteiger partial charge in [-0.2, -0.15) is 0 Å². The summed E-state index contributed by atoms with van der Waals surface area (Å²) < 4.78 is 0. The van der Waals surface area contributed by atoms with Gasteiger partial charge in [0.15, 0.2) is 0 Å². The first-order chi connectivity index (χ1) is 7.65. The average molecular weight is 221 g/mol. The van der Waals surface area contributed by atoms with Crippen LogP contribution in [-0.4, -0.2) is 11.0 Å². The number of para-hydroxylation sites is 1. The quantitative estimate of drug-likeness (QED) is 0.803. The van der Waals surface area contributed by atoms with Crippen molar-refractivity contribution in [3.8, 4) is 0 Å². The van der Waals surface area contributed by atoms with Crippen molar-refractivity contribution in [2.24, 2.45) is 0 Å². The lowest BCUT2D eigenvalue weighted by Gasteiger charge is -2.12. The molecule has 88 valence electrons. The van der Waals surface area contributed by atoms with E-state index in [0.717, 1.165) is 18.4 Å². The lowest BCUT2D eigenvalue weighted by Crippen LogP contribution is -2.13. The zero-order valence-corrected chi connectivity index (χ0v) is 9.86. The first-order valence-corrected chi connectivity index (χ1v) is 5.72. The minimum atomic E-state index is -0.567. The topological polar surface area (TPSA) is 49.3 Å². The highest BCUT2D eigenvalue weighted by atomic mass is 16.3. The van der Waals surface area contributed by atoms with Gasteiger partial charge in [0.05, 0.1) is 6.10 Å². The van der Waals surface area contributed by atoms with Crippen LogP contribution in [0.1, 0.15) is 44.8 Å². The molecule has 0 saturated carbocycles. The number of carbonyl (C=O) groups excluding carboxylic acids is 1. The maximum Gasteiger partial charge on any atom is 0.224 e. The number of hydrogen-bond donors (Lipinski definition) is 2. The highest BCUT2D eigenvalue weighted by Crippen LogP contribution is 2.22. The van der Waals surface area contributed by atoms with Crippen LogP contribution in [0, 0.1) is 0 Å². The van der Waals surface area contributed by atoms with Gasteiger partial charge < -0.3 is 10.4 Å². The monoisotopic (exact) mass is 221 g/mol. The molecule has 0 spiro atoms. The second-order valence-electron chi connectivity index (χ2n) is 3.91. The molecule has 1 atom stereocenters. The summed E-state index contributed by atoms with van der Waals surface area (Å²) in [6, 6.07) is 7.33. The van der Waals surface area contributed by atoms with Crippen LogP contribution in [0.5, 0.6) is 0 Å². The first kappa shape index (κ1) is 12.7. The summed E-state index contributed by atoms with van der Waals surface area (Å²) in [5.74, 6) is 0.00921. The number of nitrogens with one attached hydrogen (secondary N) is 1. The zero-order chi connectivity index (χ0) is 12.0. The van der Waals surface area contributed by atoms with E-state index >= 15 is 0 Å². The van der Waals surface area contributed by atoms with Crippen LogP contribution in [0.4, 0.5) is 5.69 Å². The highest BCUT2D eigenvalue weighted by molar-refractivity contribution is 5.91. The Kier molecular flexibility index (Phi) is 4.99. The molecule has 1 amide bonds. The summed E-state index contributed by atoms with van der Waals surface area (Å²) in [6.45, 7) is 3.74. The third-order valence-electron chi connectivity index (χ3n) is 2.44. The van der Waals surface area contributed by atoms with Crippen LogP contribution in [0.2, 0.25) is 0 Å². The fraction of sp³-hybridized carbons (Fsp3) is 0.462. The molecule has 0 saturated heterocycles. The summed E-state index contributed by atoms with van der Waals surface area (Å²) in [5, 5.41) is 12.4. The number of unbranched alkanes of at least 4 members (excludes halogenated alkanes) is 1. The number of benzene rings is 1. The predicted molar refractivity (Wildman–Crippen MR) is 65.2 cm³/mol. The molecular weight excluding hydrogens is 202 g/mol. The summed E-state index contributed by atoms with van der Waals surface area (Å²) in [4.78, 5) is 11.6. The SMILES string of the molecule is CCCCC(=O)Nc1ccccc1C(C)O. The maximum atomic E-state index is 11.6. The number of aliphatic hydroxyl groups excluding tert-OH is 1. The molecule has 0 bridgehead atoms. The van der Waals surface area contributed by atoms with E-state index < -0.39 is 6.10 Å². The predicted octanol–water partition coefficient (Wildman–Crippen LogP) is 2.87. The van der Waals surface area contributed by atoms with E-state index in [1.807, 2.05) is 24.3 Å². The number of rotatable bonds is 5. The lowest BCUT2D eigenvalue weighted by molar-refractivity contribution is -0.116. The van der Waals surface area contributed by atoms with E-state index in [-0.39, 0.29) is 5.91 Å². The van der Waals surface area contributed by atoms with Gasteiger partial charge in [-0.3, -0.25) is 4.79 Å². The summed E-state index contributed by atoms with van der Waals surface area (Å²) in [5.41, 5.74) is 1.46. The van der Waals surface area contributed by atoms with Gasteiger partial charge in [0, 0.05) is 17.7 Å². The van der Waals surface area contributed by atoms with Crippen molar-refractivity contribution in [2.45, 2.75) is 39.2 Å². The standard InChI is InChI=1S/C13H19NO2/c1-3-4-9-13(16)14-12-8-6-5-7-11(12)10(2)15/h5-8,10,15H,3-4,9H2,1-2H3,(H,14,16). The second-order valence-corrected chi connectivity index (χ2v) is 3.91. The smallest absolute Gasteiger partial charge is 0.224 e. The third-order valence-corrected chi connectivity index (χ3v) is 2.44. The molecule has 0 radical (unpaired) electrons. The molecule has 0 aliphatic carbocycles. The minimum Gasteiger partial charge on any atom is -0.389 e. The highest BCUT2D eigenvalue weighted by Gasteiger charge is 2.09. The molecule has 0 aliphatic heterocycles. The first-order valence-electron chi connectivity index (χ1n) is 5.72. The Balaban J connectivity index is 2.69. The Morgan fingerprint density at radius 2 is 2.12 bits per heavy atom. The fourth-order valence-corrected chi connectivity index (χ4v) is 1.53. The van der Waals surface area contributed by atoms with Crippen LogP contribution in [0.25, 0.3) is 0 Å². The van der Waals surface area contributed by atoms with Crippen molar-refractivity contribution in [1.29, 1.82) is 0 Å². The number of amides is 1. The fourth-order valence-electron chi connectivity index (χ4n) is 1.53. The molecule has 1 aromatic carbocycles. The molecule has 3 nitrogen and oxygen atoms in total. The summed E-state index contributed by atoms with van der Waals surface area (Å²) in [6.07, 6.45) is 1.86. The Morgan fingerprint density at radius 1 is 1.44 bits per heavy atom. The minimum absolute atomic E-state index is 0.00921. The molecule has 1 unspecified atom stereocenters. The van der Waals surface area contributed by atoms with Crippen LogP contribution in [0.3, 0.4) is 0 Å². The van der Waals surface area contributed by atoms with E-state index in [1.165, 1.54) is 0 Å². The third kappa shape index (κ3) is 3.66. The Morgan fingerprint density at radius 3 is 2.75 bits per heavy atom. The van der Waals surface area contributed by atoms with Crippen LogP contribution in [0.15, 0.2) is 24.3 Å². The molecule has 0 aromatic heterocycles.